The van der Waals surface area contributed by atoms with E-state index < -0.39 is 0 Å². The predicted molar refractivity (Wildman–Crippen MR) is 71.2 cm³/mol. The molecule has 4 nitrogen and oxygen atoms in total. The SMILES string of the molecule is Cl.NCC1CCN(CC(=O)NC2CCCC2)C1. The molecule has 0 aromatic heterocycles. The van der Waals surface area contributed by atoms with Crippen molar-refractivity contribution in [3.63, 3.8) is 0 Å². The van der Waals surface area contributed by atoms with Crippen LogP contribution in [0.4, 0.5) is 0 Å². The van der Waals surface area contributed by atoms with Crippen LogP contribution in [0.3, 0.4) is 0 Å². The molecule has 5 heteroatoms. The van der Waals surface area contributed by atoms with Gasteiger partial charge >= 0.3 is 0 Å². The summed E-state index contributed by atoms with van der Waals surface area (Å²) in [6.45, 7) is 3.34. The van der Waals surface area contributed by atoms with Crippen molar-refractivity contribution in [2.75, 3.05) is 26.2 Å². The first-order chi connectivity index (χ1) is 7.78. The second-order valence-corrected chi connectivity index (χ2v) is 5.17. The Balaban J connectivity index is 0.00000144. The van der Waals surface area contributed by atoms with E-state index in [9.17, 15) is 4.79 Å². The fourth-order valence-electron chi connectivity index (χ4n) is 2.80. The van der Waals surface area contributed by atoms with E-state index in [-0.39, 0.29) is 18.3 Å². The zero-order chi connectivity index (χ0) is 11.4. The second-order valence-electron chi connectivity index (χ2n) is 5.17. The molecular formula is C12H24ClN3O. The fraction of sp³-hybridized carbons (Fsp3) is 0.917. The molecule has 2 rings (SSSR count). The summed E-state index contributed by atoms with van der Waals surface area (Å²) in [6.07, 6.45) is 6.01. The maximum absolute atomic E-state index is 11.8. The molecule has 1 aliphatic carbocycles. The van der Waals surface area contributed by atoms with Gasteiger partial charge in [0, 0.05) is 12.6 Å². The third-order valence-electron chi connectivity index (χ3n) is 3.79. The molecule has 17 heavy (non-hydrogen) atoms. The predicted octanol–water partition coefficient (Wildman–Crippen LogP) is 0.748. The van der Waals surface area contributed by atoms with E-state index in [1.165, 1.54) is 12.8 Å². The normalized spacial score (nSPS) is 25.8. The number of rotatable bonds is 4. The highest BCUT2D eigenvalue weighted by Crippen LogP contribution is 2.18. The van der Waals surface area contributed by atoms with Gasteiger partial charge in [0.1, 0.15) is 0 Å². The average molecular weight is 262 g/mol. The van der Waals surface area contributed by atoms with Gasteiger partial charge < -0.3 is 11.1 Å². The highest BCUT2D eigenvalue weighted by atomic mass is 35.5. The highest BCUT2D eigenvalue weighted by Gasteiger charge is 2.24. The van der Waals surface area contributed by atoms with Gasteiger partial charge in [-0.25, -0.2) is 0 Å². The summed E-state index contributed by atoms with van der Waals surface area (Å²) >= 11 is 0. The first-order valence-electron chi connectivity index (χ1n) is 6.49. The summed E-state index contributed by atoms with van der Waals surface area (Å²) in [5, 5.41) is 3.13. The summed E-state index contributed by atoms with van der Waals surface area (Å²) in [6, 6.07) is 0.445. The topological polar surface area (TPSA) is 58.4 Å². The lowest BCUT2D eigenvalue weighted by Crippen LogP contribution is -2.40. The number of nitrogens with one attached hydrogen (secondary N) is 1. The molecule has 0 radical (unpaired) electrons. The molecule has 100 valence electrons. The van der Waals surface area contributed by atoms with Gasteiger partial charge in [0.05, 0.1) is 6.54 Å². The second kappa shape index (κ2) is 7.19. The van der Waals surface area contributed by atoms with Crippen molar-refractivity contribution in [3.8, 4) is 0 Å². The van der Waals surface area contributed by atoms with Crippen LogP contribution < -0.4 is 11.1 Å². The van der Waals surface area contributed by atoms with Gasteiger partial charge in [-0.05, 0) is 38.3 Å². The molecule has 0 aromatic rings. The molecule has 1 heterocycles. The Morgan fingerprint density at radius 2 is 2.00 bits per heavy atom. The van der Waals surface area contributed by atoms with Gasteiger partial charge in [-0.1, -0.05) is 12.8 Å². The minimum atomic E-state index is 0. The quantitative estimate of drug-likeness (QED) is 0.785. The van der Waals surface area contributed by atoms with Gasteiger partial charge in [-0.3, -0.25) is 9.69 Å². The molecule has 1 aliphatic heterocycles. The lowest BCUT2D eigenvalue weighted by molar-refractivity contribution is -0.122. The smallest absolute Gasteiger partial charge is 0.234 e. The average Bonchev–Trinajstić information content (AvgIpc) is 2.89. The third kappa shape index (κ3) is 4.45. The molecule has 1 saturated carbocycles. The van der Waals surface area contributed by atoms with Crippen LogP contribution in [0.5, 0.6) is 0 Å². The summed E-state index contributed by atoms with van der Waals surface area (Å²) in [4.78, 5) is 14.0. The molecular weight excluding hydrogens is 238 g/mol. The van der Waals surface area contributed by atoms with Gasteiger partial charge in [0.2, 0.25) is 5.91 Å². The van der Waals surface area contributed by atoms with E-state index in [0.29, 0.717) is 18.5 Å². The first-order valence-corrected chi connectivity index (χ1v) is 6.49. The summed E-state index contributed by atoms with van der Waals surface area (Å²) in [5.41, 5.74) is 5.63. The Morgan fingerprint density at radius 3 is 2.59 bits per heavy atom. The number of carbonyl (C=O) groups excluding carboxylic acids is 1. The maximum Gasteiger partial charge on any atom is 0.234 e. The zero-order valence-corrected chi connectivity index (χ0v) is 11.2. The summed E-state index contributed by atoms with van der Waals surface area (Å²) in [5.74, 6) is 0.795. The van der Waals surface area contributed by atoms with Crippen LogP contribution in [0, 0.1) is 5.92 Å². The molecule has 1 unspecified atom stereocenters. The maximum atomic E-state index is 11.8. The number of amides is 1. The van der Waals surface area contributed by atoms with Crippen molar-refractivity contribution >= 4 is 18.3 Å². The number of hydrogen-bond donors (Lipinski definition) is 2. The van der Waals surface area contributed by atoms with E-state index in [2.05, 4.69) is 10.2 Å². The number of nitrogens with zero attached hydrogens (tertiary/aromatic N) is 1. The van der Waals surface area contributed by atoms with Crippen molar-refractivity contribution in [2.45, 2.75) is 38.1 Å². The molecule has 3 N–H and O–H groups in total. The zero-order valence-electron chi connectivity index (χ0n) is 10.4. The molecule has 0 bridgehead atoms. The lowest BCUT2D eigenvalue weighted by Gasteiger charge is -2.17. The number of nitrogens with two attached hydrogens (primary N) is 1. The molecule has 1 atom stereocenters. The summed E-state index contributed by atoms with van der Waals surface area (Å²) in [7, 11) is 0. The van der Waals surface area contributed by atoms with Crippen LogP contribution in [-0.4, -0.2) is 43.0 Å². The number of halogens is 1. The molecule has 1 saturated heterocycles. The largest absolute Gasteiger partial charge is 0.352 e. The van der Waals surface area contributed by atoms with E-state index in [1.54, 1.807) is 0 Å². The van der Waals surface area contributed by atoms with Crippen LogP contribution >= 0.6 is 12.4 Å². The van der Waals surface area contributed by atoms with Gasteiger partial charge in [-0.15, -0.1) is 12.4 Å². The van der Waals surface area contributed by atoms with Crippen LogP contribution in [0.25, 0.3) is 0 Å². The third-order valence-corrected chi connectivity index (χ3v) is 3.79. The van der Waals surface area contributed by atoms with Crippen molar-refractivity contribution < 1.29 is 4.79 Å². The number of likely N-dealkylation sites (tertiary alicyclic amines) is 1. The van der Waals surface area contributed by atoms with Gasteiger partial charge in [0.25, 0.3) is 0 Å². The molecule has 0 aromatic carbocycles. The van der Waals surface area contributed by atoms with Crippen LogP contribution in [0.15, 0.2) is 0 Å². The Labute approximate surface area is 110 Å². The number of carbonyl (C=O) groups is 1. The van der Waals surface area contributed by atoms with Crippen molar-refractivity contribution in [1.82, 2.24) is 10.2 Å². The standard InChI is InChI=1S/C12H23N3O.ClH/c13-7-10-5-6-15(8-10)9-12(16)14-11-3-1-2-4-11;/h10-11H,1-9,13H2,(H,14,16);1H. The molecule has 1 amide bonds. The van der Waals surface area contributed by atoms with Crippen molar-refractivity contribution in [1.29, 1.82) is 0 Å². The lowest BCUT2D eigenvalue weighted by atomic mass is 10.1. The minimum absolute atomic E-state index is 0. The van der Waals surface area contributed by atoms with E-state index >= 15 is 0 Å². The summed E-state index contributed by atoms with van der Waals surface area (Å²) < 4.78 is 0. The van der Waals surface area contributed by atoms with Crippen molar-refractivity contribution in [2.24, 2.45) is 11.7 Å². The number of hydrogen-bond acceptors (Lipinski definition) is 3. The Kier molecular flexibility index (Phi) is 6.23. The first kappa shape index (κ1) is 14.7. The van der Waals surface area contributed by atoms with E-state index in [1.807, 2.05) is 0 Å². The van der Waals surface area contributed by atoms with Gasteiger partial charge in [-0.2, -0.15) is 0 Å². The van der Waals surface area contributed by atoms with Crippen molar-refractivity contribution in [3.05, 3.63) is 0 Å². The Hall–Kier alpha value is -0.320. The molecule has 2 aliphatic rings. The molecule has 2 fully saturated rings. The van der Waals surface area contributed by atoms with Gasteiger partial charge in [0.15, 0.2) is 0 Å². The van der Waals surface area contributed by atoms with Crippen LogP contribution in [0.1, 0.15) is 32.1 Å². The fourth-order valence-corrected chi connectivity index (χ4v) is 2.80. The highest BCUT2D eigenvalue weighted by molar-refractivity contribution is 5.85. The Bertz CT molecular complexity index is 244. The molecule has 0 spiro atoms. The van der Waals surface area contributed by atoms with Crippen LogP contribution in [-0.2, 0) is 4.79 Å². The minimum Gasteiger partial charge on any atom is -0.352 e. The van der Waals surface area contributed by atoms with Crippen LogP contribution in [0.2, 0.25) is 0 Å². The monoisotopic (exact) mass is 261 g/mol. The van der Waals surface area contributed by atoms with E-state index in [4.69, 9.17) is 5.73 Å². The Morgan fingerprint density at radius 1 is 1.29 bits per heavy atom. The van der Waals surface area contributed by atoms with E-state index in [0.717, 1.165) is 38.9 Å².